The second kappa shape index (κ2) is 4.05. The van der Waals surface area contributed by atoms with Gasteiger partial charge in [-0.1, -0.05) is 12.2 Å². The van der Waals surface area contributed by atoms with Gasteiger partial charge in [0.25, 0.3) is 0 Å². The van der Waals surface area contributed by atoms with Crippen LogP contribution >= 0.6 is 0 Å². The molecule has 0 saturated carbocycles. The minimum Gasteiger partial charge on any atom is -0.386 e. The molecule has 9 heavy (non-hydrogen) atoms. The number of nitrogens with two attached hydrogens (primary N) is 3. The fourth-order valence-corrected chi connectivity index (χ4v) is 0.329. The first-order chi connectivity index (χ1) is 4.18. The molecular weight excluding hydrogens is 116 g/mol. The fraction of sp³-hybridized carbons (Fsp3) is 0.400. The molecule has 4 nitrogen and oxygen atoms in total. The van der Waals surface area contributed by atoms with E-state index in [1.807, 2.05) is 0 Å². The topological polar surface area (TPSA) is 102 Å². The SMILES string of the molecule is N=C(N)C(N)/C=C/CN. The molecule has 0 aromatic heterocycles. The van der Waals surface area contributed by atoms with Crippen molar-refractivity contribution >= 4 is 5.84 Å². The standard InChI is InChI=1S/C5H12N4/c6-3-1-2-4(7)5(8)9/h1-2,4H,3,6-7H2,(H3,8,9)/b2-1+. The van der Waals surface area contributed by atoms with Crippen molar-refractivity contribution in [1.29, 1.82) is 5.41 Å². The maximum Gasteiger partial charge on any atom is 0.112 e. The minimum atomic E-state index is -0.478. The van der Waals surface area contributed by atoms with Crippen molar-refractivity contribution in [3.05, 3.63) is 12.2 Å². The predicted molar refractivity (Wildman–Crippen MR) is 38.1 cm³/mol. The van der Waals surface area contributed by atoms with Gasteiger partial charge >= 0.3 is 0 Å². The van der Waals surface area contributed by atoms with Crippen LogP contribution in [0.1, 0.15) is 0 Å². The summed E-state index contributed by atoms with van der Waals surface area (Å²) >= 11 is 0. The van der Waals surface area contributed by atoms with Crippen molar-refractivity contribution in [1.82, 2.24) is 0 Å². The Kier molecular flexibility index (Phi) is 3.66. The summed E-state index contributed by atoms with van der Waals surface area (Å²) < 4.78 is 0. The quantitative estimate of drug-likeness (QED) is 0.217. The van der Waals surface area contributed by atoms with Crippen LogP contribution < -0.4 is 17.2 Å². The molecule has 4 heteroatoms. The average molecular weight is 128 g/mol. The van der Waals surface area contributed by atoms with Gasteiger partial charge in [-0.3, -0.25) is 5.41 Å². The lowest BCUT2D eigenvalue weighted by atomic mass is 10.2. The minimum absolute atomic E-state index is 0.0419. The highest BCUT2D eigenvalue weighted by Crippen LogP contribution is 1.77. The van der Waals surface area contributed by atoms with E-state index in [9.17, 15) is 0 Å². The van der Waals surface area contributed by atoms with Gasteiger partial charge in [0.05, 0.1) is 6.04 Å². The van der Waals surface area contributed by atoms with Gasteiger partial charge in [0.15, 0.2) is 0 Å². The summed E-state index contributed by atoms with van der Waals surface area (Å²) in [5, 5.41) is 6.84. The Morgan fingerprint density at radius 2 is 2.22 bits per heavy atom. The molecule has 0 radical (unpaired) electrons. The number of nitrogens with one attached hydrogen (secondary N) is 1. The Bertz CT molecular complexity index is 118. The zero-order valence-electron chi connectivity index (χ0n) is 5.17. The van der Waals surface area contributed by atoms with Crippen molar-refractivity contribution in [2.75, 3.05) is 6.54 Å². The molecule has 7 N–H and O–H groups in total. The van der Waals surface area contributed by atoms with Gasteiger partial charge in [0, 0.05) is 6.54 Å². The number of hydrogen-bond donors (Lipinski definition) is 4. The fourth-order valence-electron chi connectivity index (χ4n) is 0.329. The molecule has 0 aromatic carbocycles. The lowest BCUT2D eigenvalue weighted by Gasteiger charge is -2.00. The molecule has 0 amide bonds. The number of rotatable bonds is 3. The molecule has 0 rings (SSSR count). The van der Waals surface area contributed by atoms with Crippen LogP contribution in [0.3, 0.4) is 0 Å². The first kappa shape index (κ1) is 8.13. The highest BCUT2D eigenvalue weighted by atomic mass is 14.8. The van der Waals surface area contributed by atoms with Crippen molar-refractivity contribution in [2.24, 2.45) is 17.2 Å². The lowest BCUT2D eigenvalue weighted by molar-refractivity contribution is 1.04. The third-order valence-corrected chi connectivity index (χ3v) is 0.839. The average Bonchev–Trinajstić information content (AvgIpc) is 1.82. The van der Waals surface area contributed by atoms with Crippen LogP contribution in [0.25, 0.3) is 0 Å². The van der Waals surface area contributed by atoms with Crippen LogP contribution in [-0.4, -0.2) is 18.4 Å². The van der Waals surface area contributed by atoms with Crippen LogP contribution in [0.2, 0.25) is 0 Å². The monoisotopic (exact) mass is 128 g/mol. The van der Waals surface area contributed by atoms with Gasteiger partial charge in [-0.15, -0.1) is 0 Å². The third-order valence-electron chi connectivity index (χ3n) is 0.839. The van der Waals surface area contributed by atoms with Gasteiger partial charge in [0.1, 0.15) is 5.84 Å². The van der Waals surface area contributed by atoms with E-state index in [-0.39, 0.29) is 5.84 Å². The Balaban J connectivity index is 3.62. The first-order valence-electron chi connectivity index (χ1n) is 2.64. The second-order valence-corrected chi connectivity index (χ2v) is 1.64. The summed E-state index contributed by atoms with van der Waals surface area (Å²) in [4.78, 5) is 0. The summed E-state index contributed by atoms with van der Waals surface area (Å²) in [6.07, 6.45) is 3.27. The lowest BCUT2D eigenvalue weighted by Crippen LogP contribution is -2.33. The zero-order valence-corrected chi connectivity index (χ0v) is 5.17. The molecule has 0 aliphatic rings. The van der Waals surface area contributed by atoms with E-state index in [0.29, 0.717) is 6.54 Å². The van der Waals surface area contributed by atoms with E-state index in [1.54, 1.807) is 12.2 Å². The Hall–Kier alpha value is -0.870. The Morgan fingerprint density at radius 1 is 1.67 bits per heavy atom. The molecule has 0 heterocycles. The highest BCUT2D eigenvalue weighted by Gasteiger charge is 1.96. The molecule has 0 spiro atoms. The van der Waals surface area contributed by atoms with Crippen molar-refractivity contribution in [3.63, 3.8) is 0 Å². The van der Waals surface area contributed by atoms with Gasteiger partial charge < -0.3 is 17.2 Å². The van der Waals surface area contributed by atoms with Crippen molar-refractivity contribution in [2.45, 2.75) is 6.04 Å². The molecule has 52 valence electrons. The van der Waals surface area contributed by atoms with Gasteiger partial charge in [-0.05, 0) is 0 Å². The number of amidine groups is 1. The first-order valence-corrected chi connectivity index (χ1v) is 2.64. The summed E-state index contributed by atoms with van der Waals surface area (Å²) in [7, 11) is 0. The summed E-state index contributed by atoms with van der Waals surface area (Å²) in [5.41, 5.74) is 15.5. The second-order valence-electron chi connectivity index (χ2n) is 1.64. The van der Waals surface area contributed by atoms with E-state index in [4.69, 9.17) is 22.6 Å². The molecule has 0 bridgehead atoms. The molecule has 0 aliphatic carbocycles. The van der Waals surface area contributed by atoms with Crippen molar-refractivity contribution < 1.29 is 0 Å². The third kappa shape index (κ3) is 3.69. The largest absolute Gasteiger partial charge is 0.386 e. The molecule has 1 atom stereocenters. The zero-order chi connectivity index (χ0) is 7.28. The van der Waals surface area contributed by atoms with E-state index < -0.39 is 6.04 Å². The summed E-state index contributed by atoms with van der Waals surface area (Å²) in [6, 6.07) is -0.478. The Morgan fingerprint density at radius 3 is 2.56 bits per heavy atom. The summed E-state index contributed by atoms with van der Waals surface area (Å²) in [5.74, 6) is -0.0419. The van der Waals surface area contributed by atoms with Crippen LogP contribution in [0.15, 0.2) is 12.2 Å². The molecule has 1 unspecified atom stereocenters. The van der Waals surface area contributed by atoms with Crippen LogP contribution in [-0.2, 0) is 0 Å². The van der Waals surface area contributed by atoms with Crippen LogP contribution in [0, 0.1) is 5.41 Å². The van der Waals surface area contributed by atoms with Crippen LogP contribution in [0.4, 0.5) is 0 Å². The molecular formula is C5H12N4. The molecule has 0 fully saturated rings. The normalized spacial score (nSPS) is 14.0. The van der Waals surface area contributed by atoms with E-state index in [2.05, 4.69) is 0 Å². The highest BCUT2D eigenvalue weighted by molar-refractivity contribution is 5.84. The smallest absolute Gasteiger partial charge is 0.112 e. The van der Waals surface area contributed by atoms with Gasteiger partial charge in [0.2, 0.25) is 0 Å². The van der Waals surface area contributed by atoms with Gasteiger partial charge in [-0.25, -0.2) is 0 Å². The molecule has 0 aliphatic heterocycles. The molecule has 0 saturated heterocycles. The van der Waals surface area contributed by atoms with E-state index in [1.165, 1.54) is 0 Å². The number of hydrogen-bond acceptors (Lipinski definition) is 3. The molecule has 0 aromatic rings. The summed E-state index contributed by atoms with van der Waals surface area (Å²) in [6.45, 7) is 0.432. The van der Waals surface area contributed by atoms with E-state index in [0.717, 1.165) is 0 Å². The van der Waals surface area contributed by atoms with Crippen LogP contribution in [0.5, 0.6) is 0 Å². The van der Waals surface area contributed by atoms with Crippen molar-refractivity contribution in [3.8, 4) is 0 Å². The Labute approximate surface area is 54.2 Å². The maximum atomic E-state index is 6.84. The van der Waals surface area contributed by atoms with Gasteiger partial charge in [-0.2, -0.15) is 0 Å². The predicted octanol–water partition coefficient (Wildman–Crippen LogP) is -1.24. The van der Waals surface area contributed by atoms with E-state index >= 15 is 0 Å². The maximum absolute atomic E-state index is 6.84.